The third kappa shape index (κ3) is 2.26. The number of aldehydes is 1. The van der Waals surface area contributed by atoms with Crippen molar-refractivity contribution < 1.29 is 4.79 Å². The molecule has 0 atom stereocenters. The van der Waals surface area contributed by atoms with Crippen LogP contribution in [0, 0.1) is 0 Å². The number of nitrogens with zero attached hydrogens (tertiary/aromatic N) is 3. The highest BCUT2D eigenvalue weighted by Crippen LogP contribution is 2.21. The zero-order chi connectivity index (χ0) is 10.7. The van der Waals surface area contributed by atoms with Gasteiger partial charge < -0.3 is 4.90 Å². The van der Waals surface area contributed by atoms with Crippen LogP contribution in [-0.2, 0) is 0 Å². The van der Waals surface area contributed by atoms with E-state index in [1.54, 1.807) is 6.20 Å². The Morgan fingerprint density at radius 2 is 2.27 bits per heavy atom. The highest BCUT2D eigenvalue weighted by atomic mass is 16.1. The predicted octanol–water partition coefficient (Wildman–Crippen LogP) is 1.35. The van der Waals surface area contributed by atoms with Gasteiger partial charge in [0.15, 0.2) is 6.29 Å². The van der Waals surface area contributed by atoms with E-state index in [0.717, 1.165) is 38.8 Å². The molecule has 1 aliphatic rings. The standard InChI is InChI=1S/C11H17N3O/c1-2-13-5-3-11(4-6-13)14-8-10(9-15)7-12-14/h7-9,11H,2-6H2,1H3. The van der Waals surface area contributed by atoms with Gasteiger partial charge in [0.2, 0.25) is 0 Å². The number of hydrogen-bond acceptors (Lipinski definition) is 3. The summed E-state index contributed by atoms with van der Waals surface area (Å²) in [5, 5.41) is 4.23. The lowest BCUT2D eigenvalue weighted by Crippen LogP contribution is -2.34. The molecule has 0 aliphatic carbocycles. The number of rotatable bonds is 3. The van der Waals surface area contributed by atoms with Crippen molar-refractivity contribution in [2.75, 3.05) is 19.6 Å². The van der Waals surface area contributed by atoms with Crippen LogP contribution in [0.2, 0.25) is 0 Å². The van der Waals surface area contributed by atoms with E-state index in [1.807, 2.05) is 10.9 Å². The minimum absolute atomic E-state index is 0.474. The van der Waals surface area contributed by atoms with Crippen LogP contribution in [0.5, 0.6) is 0 Å². The van der Waals surface area contributed by atoms with Crippen LogP contribution in [0.15, 0.2) is 12.4 Å². The second-order valence-corrected chi connectivity index (χ2v) is 4.04. The van der Waals surface area contributed by atoms with Crippen LogP contribution in [0.4, 0.5) is 0 Å². The topological polar surface area (TPSA) is 38.1 Å². The van der Waals surface area contributed by atoms with Crippen molar-refractivity contribution in [3.63, 3.8) is 0 Å². The minimum Gasteiger partial charge on any atom is -0.303 e. The smallest absolute Gasteiger partial charge is 0.153 e. The maximum atomic E-state index is 10.5. The van der Waals surface area contributed by atoms with Crippen LogP contribution in [0.1, 0.15) is 36.2 Å². The summed E-state index contributed by atoms with van der Waals surface area (Å²) in [6, 6.07) is 0.474. The van der Waals surface area contributed by atoms with Gasteiger partial charge in [0.05, 0.1) is 17.8 Å². The lowest BCUT2D eigenvalue weighted by molar-refractivity contribution is 0.112. The van der Waals surface area contributed by atoms with Crippen molar-refractivity contribution in [1.29, 1.82) is 0 Å². The number of aromatic nitrogens is 2. The van der Waals surface area contributed by atoms with Gasteiger partial charge in [-0.1, -0.05) is 6.92 Å². The molecule has 2 rings (SSSR count). The molecule has 82 valence electrons. The van der Waals surface area contributed by atoms with Gasteiger partial charge in [0, 0.05) is 19.3 Å². The molecule has 0 amide bonds. The monoisotopic (exact) mass is 207 g/mol. The van der Waals surface area contributed by atoms with Crippen molar-refractivity contribution in [2.24, 2.45) is 0 Å². The summed E-state index contributed by atoms with van der Waals surface area (Å²) in [6.45, 7) is 5.60. The van der Waals surface area contributed by atoms with Gasteiger partial charge in [-0.3, -0.25) is 9.48 Å². The summed E-state index contributed by atoms with van der Waals surface area (Å²) in [7, 11) is 0. The first-order valence-corrected chi connectivity index (χ1v) is 5.55. The number of likely N-dealkylation sites (tertiary alicyclic amines) is 1. The molecule has 4 heteroatoms. The first-order valence-electron chi connectivity index (χ1n) is 5.55. The van der Waals surface area contributed by atoms with Crippen LogP contribution >= 0.6 is 0 Å². The zero-order valence-corrected chi connectivity index (χ0v) is 9.09. The Morgan fingerprint density at radius 1 is 1.53 bits per heavy atom. The molecule has 1 aliphatic heterocycles. The Hall–Kier alpha value is -1.16. The van der Waals surface area contributed by atoms with E-state index >= 15 is 0 Å². The first kappa shape index (κ1) is 10.4. The molecule has 0 N–H and O–H groups in total. The normalized spacial score (nSPS) is 19.3. The number of piperidine rings is 1. The summed E-state index contributed by atoms with van der Waals surface area (Å²) in [4.78, 5) is 13.0. The van der Waals surface area contributed by atoms with E-state index in [2.05, 4.69) is 16.9 Å². The van der Waals surface area contributed by atoms with E-state index in [1.165, 1.54) is 0 Å². The molecule has 1 fully saturated rings. The highest BCUT2D eigenvalue weighted by molar-refractivity contribution is 5.73. The molecular weight excluding hydrogens is 190 g/mol. The molecule has 0 spiro atoms. The van der Waals surface area contributed by atoms with Crippen LogP contribution in [-0.4, -0.2) is 40.6 Å². The molecule has 1 saturated heterocycles. The Kier molecular flexibility index (Phi) is 3.16. The second kappa shape index (κ2) is 4.57. The summed E-state index contributed by atoms with van der Waals surface area (Å²) < 4.78 is 1.94. The molecule has 0 aromatic carbocycles. The Bertz CT molecular complexity index is 326. The van der Waals surface area contributed by atoms with Gasteiger partial charge >= 0.3 is 0 Å². The first-order chi connectivity index (χ1) is 7.33. The number of carbonyl (C=O) groups excluding carboxylic acids is 1. The Balaban J connectivity index is 1.97. The van der Waals surface area contributed by atoms with Crippen molar-refractivity contribution in [3.05, 3.63) is 18.0 Å². The van der Waals surface area contributed by atoms with Crippen molar-refractivity contribution in [3.8, 4) is 0 Å². The molecular formula is C11H17N3O. The molecule has 1 aromatic heterocycles. The van der Waals surface area contributed by atoms with Gasteiger partial charge in [0.1, 0.15) is 0 Å². The van der Waals surface area contributed by atoms with Gasteiger partial charge in [-0.15, -0.1) is 0 Å². The molecule has 0 bridgehead atoms. The summed E-state index contributed by atoms with van der Waals surface area (Å²) in [5.41, 5.74) is 0.674. The molecule has 2 heterocycles. The number of carbonyl (C=O) groups is 1. The zero-order valence-electron chi connectivity index (χ0n) is 9.09. The molecule has 0 unspecified atom stereocenters. The van der Waals surface area contributed by atoms with Gasteiger partial charge in [-0.2, -0.15) is 5.10 Å². The SMILES string of the molecule is CCN1CCC(n2cc(C=O)cn2)CC1. The maximum absolute atomic E-state index is 10.5. The minimum atomic E-state index is 0.474. The fourth-order valence-corrected chi connectivity index (χ4v) is 2.11. The van der Waals surface area contributed by atoms with E-state index in [9.17, 15) is 4.79 Å². The van der Waals surface area contributed by atoms with Crippen LogP contribution < -0.4 is 0 Å². The van der Waals surface area contributed by atoms with Gasteiger partial charge in [-0.25, -0.2) is 0 Å². The largest absolute Gasteiger partial charge is 0.303 e. The van der Waals surface area contributed by atoms with Crippen LogP contribution in [0.3, 0.4) is 0 Å². The molecule has 0 saturated carbocycles. The van der Waals surface area contributed by atoms with E-state index < -0.39 is 0 Å². The lowest BCUT2D eigenvalue weighted by Gasteiger charge is -2.31. The second-order valence-electron chi connectivity index (χ2n) is 4.04. The molecule has 1 aromatic rings. The highest BCUT2D eigenvalue weighted by Gasteiger charge is 2.19. The summed E-state index contributed by atoms with van der Waals surface area (Å²) in [5.74, 6) is 0. The van der Waals surface area contributed by atoms with Crippen molar-refractivity contribution in [2.45, 2.75) is 25.8 Å². The van der Waals surface area contributed by atoms with Crippen molar-refractivity contribution in [1.82, 2.24) is 14.7 Å². The van der Waals surface area contributed by atoms with Crippen LogP contribution in [0.25, 0.3) is 0 Å². The number of hydrogen-bond donors (Lipinski definition) is 0. The average molecular weight is 207 g/mol. The van der Waals surface area contributed by atoms with E-state index in [0.29, 0.717) is 11.6 Å². The predicted molar refractivity (Wildman–Crippen MR) is 58.0 cm³/mol. The fraction of sp³-hybridized carbons (Fsp3) is 0.636. The van der Waals surface area contributed by atoms with E-state index in [-0.39, 0.29) is 0 Å². The Morgan fingerprint density at radius 3 is 2.80 bits per heavy atom. The average Bonchev–Trinajstić information content (AvgIpc) is 2.78. The third-order valence-corrected chi connectivity index (χ3v) is 3.14. The summed E-state index contributed by atoms with van der Waals surface area (Å²) >= 11 is 0. The molecule has 15 heavy (non-hydrogen) atoms. The van der Waals surface area contributed by atoms with Gasteiger partial charge in [-0.05, 0) is 19.4 Å². The van der Waals surface area contributed by atoms with Gasteiger partial charge in [0.25, 0.3) is 0 Å². The lowest BCUT2D eigenvalue weighted by atomic mass is 10.1. The molecule has 4 nitrogen and oxygen atoms in total. The fourth-order valence-electron chi connectivity index (χ4n) is 2.11. The Labute approximate surface area is 89.9 Å². The van der Waals surface area contributed by atoms with Crippen molar-refractivity contribution >= 4 is 6.29 Å². The quantitative estimate of drug-likeness (QED) is 0.702. The molecule has 0 radical (unpaired) electrons. The third-order valence-electron chi connectivity index (χ3n) is 3.14. The van der Waals surface area contributed by atoms with E-state index in [4.69, 9.17) is 0 Å². The summed E-state index contributed by atoms with van der Waals surface area (Å²) in [6.07, 6.45) is 6.60. The maximum Gasteiger partial charge on any atom is 0.153 e.